The number of anilines is 1. The van der Waals surface area contributed by atoms with Gasteiger partial charge in [-0.05, 0) is 48.2 Å². The summed E-state index contributed by atoms with van der Waals surface area (Å²) < 4.78 is 0. The van der Waals surface area contributed by atoms with E-state index in [9.17, 15) is 9.59 Å². The summed E-state index contributed by atoms with van der Waals surface area (Å²) in [4.78, 5) is 30.2. The van der Waals surface area contributed by atoms with Crippen LogP contribution in [0.3, 0.4) is 0 Å². The molecular formula is C23H24ClN3O2. The van der Waals surface area contributed by atoms with Crippen LogP contribution in [0.5, 0.6) is 0 Å². The van der Waals surface area contributed by atoms with Crippen LogP contribution < -0.4 is 5.32 Å². The van der Waals surface area contributed by atoms with Crippen LogP contribution in [0.4, 0.5) is 5.69 Å². The van der Waals surface area contributed by atoms with E-state index in [-0.39, 0.29) is 24.2 Å². The number of carbonyl (C=O) groups is 2. The van der Waals surface area contributed by atoms with Gasteiger partial charge < -0.3 is 15.2 Å². The van der Waals surface area contributed by atoms with Crippen molar-refractivity contribution in [3.8, 4) is 0 Å². The monoisotopic (exact) mass is 409 g/mol. The number of nitrogens with one attached hydrogen (secondary N) is 2. The fourth-order valence-electron chi connectivity index (χ4n) is 3.96. The number of aryl methyl sites for hydroxylation is 1. The number of halogens is 1. The van der Waals surface area contributed by atoms with Crippen molar-refractivity contribution >= 4 is 40.0 Å². The summed E-state index contributed by atoms with van der Waals surface area (Å²) in [5.74, 6) is -0.364. The molecule has 1 aliphatic heterocycles. The maximum Gasteiger partial charge on any atom is 0.229 e. The smallest absolute Gasteiger partial charge is 0.229 e. The van der Waals surface area contributed by atoms with Gasteiger partial charge in [0, 0.05) is 47.3 Å². The molecule has 150 valence electrons. The highest BCUT2D eigenvalue weighted by Crippen LogP contribution is 2.25. The number of fused-ring (bicyclic) bond motifs is 1. The molecule has 1 fully saturated rings. The average molecular weight is 410 g/mol. The van der Waals surface area contributed by atoms with E-state index in [4.69, 9.17) is 11.6 Å². The van der Waals surface area contributed by atoms with Crippen molar-refractivity contribution in [2.75, 3.05) is 18.4 Å². The fraction of sp³-hybridized carbons (Fsp3) is 0.304. The number of amides is 2. The fourth-order valence-corrected chi connectivity index (χ4v) is 4.13. The van der Waals surface area contributed by atoms with Crippen LogP contribution in [0.25, 0.3) is 10.9 Å². The van der Waals surface area contributed by atoms with Crippen molar-refractivity contribution in [1.82, 2.24) is 9.88 Å². The third-order valence-electron chi connectivity index (χ3n) is 5.62. The van der Waals surface area contributed by atoms with Gasteiger partial charge in [-0.3, -0.25) is 9.59 Å². The second kappa shape index (κ2) is 8.29. The average Bonchev–Trinajstić information content (AvgIpc) is 3.29. The minimum Gasteiger partial charge on any atom is -0.361 e. The Bertz CT molecular complexity index is 1060. The van der Waals surface area contributed by atoms with Gasteiger partial charge in [0.25, 0.3) is 0 Å². The van der Waals surface area contributed by atoms with E-state index < -0.39 is 0 Å². The van der Waals surface area contributed by atoms with Crippen LogP contribution in [0.1, 0.15) is 24.5 Å². The van der Waals surface area contributed by atoms with Gasteiger partial charge in [0.1, 0.15) is 0 Å². The Morgan fingerprint density at radius 2 is 2.07 bits per heavy atom. The van der Waals surface area contributed by atoms with Crippen molar-refractivity contribution in [3.05, 3.63) is 64.8 Å². The van der Waals surface area contributed by atoms with Gasteiger partial charge in [0.2, 0.25) is 11.8 Å². The first-order valence-corrected chi connectivity index (χ1v) is 10.3. The molecule has 2 amide bonds. The molecule has 1 atom stereocenters. The molecule has 4 rings (SSSR count). The van der Waals surface area contributed by atoms with Crippen LogP contribution in [-0.2, 0) is 22.4 Å². The van der Waals surface area contributed by atoms with Crippen LogP contribution in [-0.4, -0.2) is 34.8 Å². The van der Waals surface area contributed by atoms with Gasteiger partial charge in [0.15, 0.2) is 0 Å². The number of nitrogens with zero attached hydrogens (tertiary/aromatic N) is 1. The van der Waals surface area contributed by atoms with Gasteiger partial charge in [-0.25, -0.2) is 0 Å². The Hall–Kier alpha value is -2.79. The maximum absolute atomic E-state index is 12.7. The summed E-state index contributed by atoms with van der Waals surface area (Å²) in [6.07, 6.45) is 3.80. The number of hydrogen-bond acceptors (Lipinski definition) is 2. The first-order chi connectivity index (χ1) is 14.0. The Morgan fingerprint density at radius 1 is 1.24 bits per heavy atom. The molecule has 0 unspecified atom stereocenters. The summed E-state index contributed by atoms with van der Waals surface area (Å²) in [5.41, 5.74) is 4.09. The normalized spacial score (nSPS) is 16.6. The lowest BCUT2D eigenvalue weighted by Gasteiger charge is -2.17. The largest absolute Gasteiger partial charge is 0.361 e. The summed E-state index contributed by atoms with van der Waals surface area (Å²) in [6, 6.07) is 13.5. The van der Waals surface area contributed by atoms with Crippen molar-refractivity contribution in [2.45, 2.75) is 26.2 Å². The summed E-state index contributed by atoms with van der Waals surface area (Å²) in [5, 5.41) is 4.78. The van der Waals surface area contributed by atoms with Crippen molar-refractivity contribution < 1.29 is 9.59 Å². The zero-order valence-corrected chi connectivity index (χ0v) is 17.1. The van der Waals surface area contributed by atoms with E-state index in [0.717, 1.165) is 40.6 Å². The van der Waals surface area contributed by atoms with Gasteiger partial charge in [-0.15, -0.1) is 0 Å². The second-order valence-corrected chi connectivity index (χ2v) is 7.93. The van der Waals surface area contributed by atoms with Gasteiger partial charge in [-0.1, -0.05) is 36.7 Å². The second-order valence-electron chi connectivity index (χ2n) is 7.49. The number of hydrogen-bond donors (Lipinski definition) is 2. The molecule has 1 aromatic heterocycles. The van der Waals surface area contributed by atoms with Crippen LogP contribution in [0.2, 0.25) is 5.02 Å². The van der Waals surface area contributed by atoms with Gasteiger partial charge >= 0.3 is 0 Å². The van der Waals surface area contributed by atoms with Crippen LogP contribution in [0, 0.1) is 5.92 Å². The molecule has 2 heterocycles. The lowest BCUT2D eigenvalue weighted by molar-refractivity contribution is -0.128. The lowest BCUT2D eigenvalue weighted by Crippen LogP contribution is -2.30. The minimum atomic E-state index is -0.315. The number of H-pyrrole nitrogens is 1. The Balaban J connectivity index is 1.38. The Labute approximate surface area is 175 Å². The van der Waals surface area contributed by atoms with Crippen LogP contribution in [0.15, 0.2) is 48.7 Å². The molecule has 2 N–H and O–H groups in total. The molecule has 1 aliphatic rings. The van der Waals surface area contributed by atoms with E-state index in [2.05, 4.69) is 17.2 Å². The predicted octanol–water partition coefficient (Wildman–Crippen LogP) is 4.41. The highest BCUT2D eigenvalue weighted by molar-refractivity contribution is 6.31. The van der Waals surface area contributed by atoms with E-state index in [1.807, 2.05) is 48.7 Å². The number of aromatic amines is 1. The van der Waals surface area contributed by atoms with E-state index in [0.29, 0.717) is 18.1 Å². The highest BCUT2D eigenvalue weighted by atomic mass is 35.5. The molecule has 1 saturated heterocycles. The highest BCUT2D eigenvalue weighted by Gasteiger charge is 2.34. The third-order valence-corrected chi connectivity index (χ3v) is 5.86. The molecule has 2 aromatic carbocycles. The van der Waals surface area contributed by atoms with Crippen LogP contribution >= 0.6 is 11.6 Å². The quantitative estimate of drug-likeness (QED) is 0.633. The zero-order chi connectivity index (χ0) is 20.4. The topological polar surface area (TPSA) is 65.2 Å². The minimum absolute atomic E-state index is 0.0341. The number of para-hydroxylation sites is 1. The number of rotatable bonds is 6. The maximum atomic E-state index is 12.7. The zero-order valence-electron chi connectivity index (χ0n) is 16.4. The molecule has 29 heavy (non-hydrogen) atoms. The van der Waals surface area contributed by atoms with E-state index in [1.165, 1.54) is 0 Å². The first kappa shape index (κ1) is 19.5. The number of aromatic nitrogens is 1. The SMILES string of the molecule is CCc1ccccc1NC(=O)[C@H]1CC(=O)N(CCc2c[nH]c3ccc(Cl)cc23)C1. The molecule has 0 spiro atoms. The van der Waals surface area contributed by atoms with Gasteiger partial charge in [0.05, 0.1) is 5.92 Å². The van der Waals surface area contributed by atoms with Crippen molar-refractivity contribution in [3.63, 3.8) is 0 Å². The molecule has 0 saturated carbocycles. The number of benzene rings is 2. The molecule has 5 nitrogen and oxygen atoms in total. The number of carbonyl (C=O) groups excluding carboxylic acids is 2. The molecule has 0 aliphatic carbocycles. The predicted molar refractivity (Wildman–Crippen MR) is 116 cm³/mol. The Morgan fingerprint density at radius 3 is 2.90 bits per heavy atom. The van der Waals surface area contributed by atoms with Gasteiger partial charge in [-0.2, -0.15) is 0 Å². The molecule has 6 heteroatoms. The van der Waals surface area contributed by atoms with E-state index in [1.54, 1.807) is 4.90 Å². The Kier molecular flexibility index (Phi) is 5.58. The van der Waals surface area contributed by atoms with E-state index >= 15 is 0 Å². The summed E-state index contributed by atoms with van der Waals surface area (Å²) >= 11 is 6.12. The molecule has 0 bridgehead atoms. The van der Waals surface area contributed by atoms with Crippen molar-refractivity contribution in [2.24, 2.45) is 5.92 Å². The molecule has 0 radical (unpaired) electrons. The lowest BCUT2D eigenvalue weighted by atomic mass is 10.1. The first-order valence-electron chi connectivity index (χ1n) is 9.97. The third kappa shape index (κ3) is 4.15. The number of likely N-dealkylation sites (tertiary alicyclic amines) is 1. The molecular weight excluding hydrogens is 386 g/mol. The van der Waals surface area contributed by atoms with Crippen molar-refractivity contribution in [1.29, 1.82) is 0 Å². The molecule has 3 aromatic rings. The standard InChI is InChI=1S/C23H24ClN3O2/c1-2-15-5-3-4-6-20(15)26-23(29)17-11-22(28)27(14-17)10-9-16-13-25-21-8-7-18(24)12-19(16)21/h3-8,12-13,17,25H,2,9-11,14H2,1H3,(H,26,29)/t17-/m0/s1. The summed E-state index contributed by atoms with van der Waals surface area (Å²) in [6.45, 7) is 3.11. The summed E-state index contributed by atoms with van der Waals surface area (Å²) in [7, 11) is 0.